The van der Waals surface area contributed by atoms with Crippen LogP contribution >= 0.6 is 0 Å². The molecule has 0 bridgehead atoms. The average Bonchev–Trinajstić information content (AvgIpc) is 2.78. The van der Waals surface area contributed by atoms with E-state index in [0.717, 1.165) is 36.8 Å². The molecular weight excluding hydrogens is 478 g/mol. The van der Waals surface area contributed by atoms with Crippen molar-refractivity contribution in [3.05, 3.63) is 70.8 Å². The Morgan fingerprint density at radius 2 is 1.20 bits per heavy atom. The van der Waals surface area contributed by atoms with Crippen molar-refractivity contribution in [2.75, 3.05) is 13.2 Å². The third kappa shape index (κ3) is 5.97. The maximum absolute atomic E-state index is 14.5. The second-order valence-electron chi connectivity index (χ2n) is 7.85. The van der Waals surface area contributed by atoms with Crippen LogP contribution in [0.25, 0.3) is 0 Å². The molecule has 192 valence electrons. The molecule has 0 amide bonds. The molecule has 0 aliphatic heterocycles. The van der Waals surface area contributed by atoms with Gasteiger partial charge in [-0.05, 0) is 42.2 Å². The Hall–Kier alpha value is -3.04. The molecule has 0 saturated carbocycles. The van der Waals surface area contributed by atoms with E-state index in [4.69, 9.17) is 9.47 Å². The third-order valence-electron chi connectivity index (χ3n) is 5.42. The van der Waals surface area contributed by atoms with Gasteiger partial charge < -0.3 is 9.47 Å². The molecule has 2 rings (SSSR count). The number of carbonyl (C=O) groups is 2. The molecule has 0 N–H and O–H groups in total. The summed E-state index contributed by atoms with van der Waals surface area (Å²) in [6, 6.07) is 6.49. The lowest BCUT2D eigenvalue weighted by atomic mass is 9.71. The molecule has 0 aromatic heterocycles. The molecule has 0 radical (unpaired) electrons. The maximum Gasteiger partial charge on any atom is 0.411 e. The van der Waals surface area contributed by atoms with Crippen molar-refractivity contribution in [3.8, 4) is 0 Å². The normalized spacial score (nSPS) is 12.3. The quantitative estimate of drug-likeness (QED) is 0.198. The van der Waals surface area contributed by atoms with Gasteiger partial charge in [-0.2, -0.15) is 26.3 Å². The van der Waals surface area contributed by atoms with Gasteiger partial charge in [0.05, 0.1) is 24.3 Å². The summed E-state index contributed by atoms with van der Waals surface area (Å²) in [5.41, 5.74) is -8.10. The average molecular weight is 504 g/mol. The number of alkyl halides is 6. The van der Waals surface area contributed by atoms with Gasteiger partial charge in [-0.3, -0.25) is 0 Å². The first-order valence-corrected chi connectivity index (χ1v) is 11.1. The highest BCUT2D eigenvalue weighted by Crippen LogP contribution is 2.57. The van der Waals surface area contributed by atoms with Crippen LogP contribution in [0.3, 0.4) is 0 Å². The van der Waals surface area contributed by atoms with Crippen molar-refractivity contribution >= 4 is 11.9 Å². The van der Waals surface area contributed by atoms with Crippen molar-refractivity contribution in [1.29, 1.82) is 0 Å². The number of esters is 2. The van der Waals surface area contributed by atoms with Gasteiger partial charge in [-0.15, -0.1) is 0 Å². The Morgan fingerprint density at radius 3 is 1.69 bits per heavy atom. The van der Waals surface area contributed by atoms with E-state index in [0.29, 0.717) is 37.5 Å². The summed E-state index contributed by atoms with van der Waals surface area (Å²) < 4.78 is 96.9. The van der Waals surface area contributed by atoms with Crippen molar-refractivity contribution in [3.63, 3.8) is 0 Å². The fraction of sp³-hybridized carbons (Fsp3) is 0.440. The minimum Gasteiger partial charge on any atom is -0.462 e. The van der Waals surface area contributed by atoms with E-state index in [1.807, 2.05) is 6.92 Å². The van der Waals surface area contributed by atoms with Gasteiger partial charge in [-0.25, -0.2) is 9.59 Å². The lowest BCUT2D eigenvalue weighted by molar-refractivity contribution is -0.288. The maximum atomic E-state index is 14.5. The standard InChI is InChI=1S/C25H26F6O4/c1-3-5-15-34-21(32)17-11-13-18(14-12-17)23(24(26,27)28,25(29,30)31)20-10-8-7-9-19(20)22(33)35-16-6-4-2/h7-14H,3-6,15-16H2,1-2H3. The topological polar surface area (TPSA) is 52.6 Å². The van der Waals surface area contributed by atoms with Crippen LogP contribution in [0.15, 0.2) is 48.5 Å². The van der Waals surface area contributed by atoms with Gasteiger partial charge in [0.2, 0.25) is 5.41 Å². The number of benzene rings is 2. The fourth-order valence-corrected chi connectivity index (χ4v) is 3.57. The van der Waals surface area contributed by atoms with Crippen LogP contribution in [0.4, 0.5) is 26.3 Å². The first kappa shape index (κ1) is 28.2. The molecule has 0 saturated heterocycles. The van der Waals surface area contributed by atoms with E-state index in [1.54, 1.807) is 6.92 Å². The Morgan fingerprint density at radius 1 is 0.714 bits per heavy atom. The molecule has 4 nitrogen and oxygen atoms in total. The Kier molecular flexibility index (Phi) is 9.34. The molecule has 0 unspecified atom stereocenters. The zero-order chi connectivity index (χ0) is 26.3. The zero-order valence-electron chi connectivity index (χ0n) is 19.3. The van der Waals surface area contributed by atoms with Crippen molar-refractivity contribution in [1.82, 2.24) is 0 Å². The molecule has 2 aromatic carbocycles. The first-order valence-electron chi connectivity index (χ1n) is 11.1. The van der Waals surface area contributed by atoms with E-state index in [9.17, 15) is 35.9 Å². The molecule has 2 aromatic rings. The highest BCUT2D eigenvalue weighted by atomic mass is 19.4. The van der Waals surface area contributed by atoms with E-state index in [-0.39, 0.29) is 18.8 Å². The number of ether oxygens (including phenoxy) is 2. The van der Waals surface area contributed by atoms with Crippen molar-refractivity contribution in [2.24, 2.45) is 0 Å². The number of unbranched alkanes of at least 4 members (excludes halogenated alkanes) is 2. The minimum absolute atomic E-state index is 0.0691. The molecule has 0 fully saturated rings. The Bertz CT molecular complexity index is 982. The predicted molar refractivity (Wildman–Crippen MR) is 116 cm³/mol. The molecule has 0 heterocycles. The van der Waals surface area contributed by atoms with Gasteiger partial charge in [0, 0.05) is 0 Å². The lowest BCUT2D eigenvalue weighted by Gasteiger charge is -2.39. The summed E-state index contributed by atoms with van der Waals surface area (Å²) in [5.74, 6) is -2.16. The van der Waals surface area contributed by atoms with E-state index >= 15 is 0 Å². The van der Waals surface area contributed by atoms with Gasteiger partial charge in [0.1, 0.15) is 0 Å². The van der Waals surface area contributed by atoms with Gasteiger partial charge >= 0.3 is 24.3 Å². The van der Waals surface area contributed by atoms with E-state index in [1.165, 1.54) is 0 Å². The van der Waals surface area contributed by atoms with Crippen LogP contribution in [0.1, 0.15) is 71.4 Å². The molecule has 35 heavy (non-hydrogen) atoms. The van der Waals surface area contributed by atoms with Crippen LogP contribution in [-0.2, 0) is 14.9 Å². The number of hydrogen-bond donors (Lipinski definition) is 0. The second kappa shape index (κ2) is 11.6. The van der Waals surface area contributed by atoms with E-state index < -0.39 is 46.4 Å². The zero-order valence-corrected chi connectivity index (χ0v) is 19.3. The molecule has 0 atom stereocenters. The van der Waals surface area contributed by atoms with Crippen molar-refractivity contribution < 1.29 is 45.4 Å². The molecule has 0 aliphatic rings. The molecule has 0 aliphatic carbocycles. The number of hydrogen-bond acceptors (Lipinski definition) is 4. The summed E-state index contributed by atoms with van der Waals surface area (Å²) in [6.45, 7) is 3.56. The van der Waals surface area contributed by atoms with Crippen molar-refractivity contribution in [2.45, 2.75) is 57.3 Å². The van der Waals surface area contributed by atoms with Crippen LogP contribution in [0.5, 0.6) is 0 Å². The highest BCUT2D eigenvalue weighted by Gasteiger charge is 2.73. The molecule has 0 spiro atoms. The summed E-state index contributed by atoms with van der Waals surface area (Å²) in [7, 11) is 0. The summed E-state index contributed by atoms with van der Waals surface area (Å²) in [6.07, 6.45) is -9.50. The number of carbonyl (C=O) groups excluding carboxylic acids is 2. The smallest absolute Gasteiger partial charge is 0.411 e. The number of halogens is 6. The number of rotatable bonds is 10. The Labute approximate surface area is 199 Å². The van der Waals surface area contributed by atoms with Gasteiger partial charge in [0.25, 0.3) is 0 Å². The summed E-state index contributed by atoms with van der Waals surface area (Å²) in [4.78, 5) is 24.6. The molecular formula is C25H26F6O4. The lowest BCUT2D eigenvalue weighted by Crippen LogP contribution is -2.55. The van der Waals surface area contributed by atoms with Crippen LogP contribution in [-0.4, -0.2) is 37.5 Å². The van der Waals surface area contributed by atoms with Crippen LogP contribution in [0.2, 0.25) is 0 Å². The van der Waals surface area contributed by atoms with E-state index in [2.05, 4.69) is 0 Å². The Balaban J connectivity index is 2.67. The largest absolute Gasteiger partial charge is 0.462 e. The summed E-state index contributed by atoms with van der Waals surface area (Å²) in [5, 5.41) is 0. The van der Waals surface area contributed by atoms with Crippen LogP contribution < -0.4 is 0 Å². The SMILES string of the molecule is CCCCOC(=O)c1ccc(C(c2ccccc2C(=O)OCCCC)(C(F)(F)F)C(F)(F)F)cc1. The second-order valence-corrected chi connectivity index (χ2v) is 7.85. The summed E-state index contributed by atoms with van der Waals surface area (Å²) >= 11 is 0. The van der Waals surface area contributed by atoms with Gasteiger partial charge in [0.15, 0.2) is 0 Å². The minimum atomic E-state index is -5.89. The van der Waals surface area contributed by atoms with Crippen LogP contribution in [0, 0.1) is 0 Å². The molecule has 10 heteroatoms. The first-order chi connectivity index (χ1) is 16.4. The predicted octanol–water partition coefficient (Wildman–Crippen LogP) is 7.01. The monoisotopic (exact) mass is 504 g/mol. The highest BCUT2D eigenvalue weighted by molar-refractivity contribution is 5.92. The third-order valence-corrected chi connectivity index (χ3v) is 5.42. The fourth-order valence-electron chi connectivity index (χ4n) is 3.57. The van der Waals surface area contributed by atoms with Gasteiger partial charge in [-0.1, -0.05) is 57.0 Å².